The van der Waals surface area contributed by atoms with Gasteiger partial charge in [0.25, 0.3) is 0 Å². The van der Waals surface area contributed by atoms with Crippen LogP contribution >= 0.6 is 0 Å². The second-order valence-corrected chi connectivity index (χ2v) is 5.31. The molecule has 1 saturated heterocycles. The Morgan fingerprint density at radius 3 is 2.47 bits per heavy atom. The molecule has 0 amide bonds. The van der Waals surface area contributed by atoms with E-state index >= 15 is 0 Å². The fourth-order valence-electron chi connectivity index (χ4n) is 2.33. The van der Waals surface area contributed by atoms with Crippen LogP contribution in [0.1, 0.15) is 27.7 Å². The van der Waals surface area contributed by atoms with Crippen LogP contribution < -0.4 is 5.32 Å². The fourth-order valence-corrected chi connectivity index (χ4v) is 2.33. The lowest BCUT2D eigenvalue weighted by atomic mass is 9.94. The summed E-state index contributed by atoms with van der Waals surface area (Å²) in [6.07, 6.45) is 2.03. The zero-order valence-corrected chi connectivity index (χ0v) is 10.7. The van der Waals surface area contributed by atoms with E-state index in [-0.39, 0.29) is 0 Å². The normalized spacial score (nSPS) is 28.7. The highest BCUT2D eigenvalue weighted by molar-refractivity contribution is 4.91. The summed E-state index contributed by atoms with van der Waals surface area (Å²) in [6, 6.07) is 1.30. The van der Waals surface area contributed by atoms with Gasteiger partial charge in [0, 0.05) is 31.7 Å². The average Bonchev–Trinajstić information content (AvgIpc) is 2.17. The summed E-state index contributed by atoms with van der Waals surface area (Å²) in [6.45, 7) is 16.3. The third-order valence-corrected chi connectivity index (χ3v) is 3.43. The van der Waals surface area contributed by atoms with Gasteiger partial charge >= 0.3 is 0 Å². The fraction of sp³-hybridized carbons (Fsp3) is 0.846. The molecule has 1 aliphatic heterocycles. The standard InChI is InChI=1S/C13H26N2/c1-6-7-15-9-12(10(2)3)14-8-13(15)11(4)5/h6,10-14H,1,7-9H2,2-5H3. The Morgan fingerprint density at radius 2 is 2.00 bits per heavy atom. The van der Waals surface area contributed by atoms with Gasteiger partial charge in [-0.05, 0) is 11.8 Å². The molecule has 88 valence electrons. The van der Waals surface area contributed by atoms with Crippen LogP contribution in [-0.2, 0) is 0 Å². The molecule has 0 radical (unpaired) electrons. The summed E-state index contributed by atoms with van der Waals surface area (Å²) in [5, 5.41) is 3.66. The molecular formula is C13H26N2. The third kappa shape index (κ3) is 3.32. The summed E-state index contributed by atoms with van der Waals surface area (Å²) >= 11 is 0. The Morgan fingerprint density at radius 1 is 1.33 bits per heavy atom. The molecule has 2 heteroatoms. The molecule has 1 rings (SSSR count). The van der Waals surface area contributed by atoms with Gasteiger partial charge in [-0.1, -0.05) is 33.8 Å². The Hall–Kier alpha value is -0.340. The first-order valence-electron chi connectivity index (χ1n) is 6.14. The molecule has 0 saturated carbocycles. The topological polar surface area (TPSA) is 15.3 Å². The number of piperazine rings is 1. The number of hydrogen-bond donors (Lipinski definition) is 1. The minimum absolute atomic E-state index is 0.639. The van der Waals surface area contributed by atoms with Gasteiger partial charge in [-0.15, -0.1) is 6.58 Å². The van der Waals surface area contributed by atoms with E-state index in [1.807, 2.05) is 6.08 Å². The van der Waals surface area contributed by atoms with Crippen molar-refractivity contribution in [2.45, 2.75) is 39.8 Å². The van der Waals surface area contributed by atoms with Crippen LogP contribution in [0, 0.1) is 11.8 Å². The smallest absolute Gasteiger partial charge is 0.0247 e. The molecule has 1 heterocycles. The Labute approximate surface area is 94.7 Å². The summed E-state index contributed by atoms with van der Waals surface area (Å²) in [5.41, 5.74) is 0. The van der Waals surface area contributed by atoms with Crippen molar-refractivity contribution in [1.82, 2.24) is 10.2 Å². The first-order chi connectivity index (χ1) is 7.06. The van der Waals surface area contributed by atoms with Crippen LogP contribution in [0.15, 0.2) is 12.7 Å². The number of rotatable bonds is 4. The van der Waals surface area contributed by atoms with Crippen molar-refractivity contribution < 1.29 is 0 Å². The quantitative estimate of drug-likeness (QED) is 0.715. The highest BCUT2D eigenvalue weighted by Crippen LogP contribution is 2.17. The minimum Gasteiger partial charge on any atom is -0.311 e. The molecule has 0 aromatic rings. The van der Waals surface area contributed by atoms with Crippen molar-refractivity contribution in [2.24, 2.45) is 11.8 Å². The summed E-state index contributed by atoms with van der Waals surface area (Å²) in [7, 11) is 0. The van der Waals surface area contributed by atoms with E-state index in [1.54, 1.807) is 0 Å². The van der Waals surface area contributed by atoms with Gasteiger partial charge < -0.3 is 5.32 Å². The van der Waals surface area contributed by atoms with Crippen LogP contribution in [0.4, 0.5) is 0 Å². The Balaban J connectivity index is 2.60. The van der Waals surface area contributed by atoms with E-state index in [1.165, 1.54) is 0 Å². The summed E-state index contributed by atoms with van der Waals surface area (Å²) in [4.78, 5) is 2.57. The van der Waals surface area contributed by atoms with Crippen LogP contribution in [0.2, 0.25) is 0 Å². The van der Waals surface area contributed by atoms with Crippen LogP contribution in [-0.4, -0.2) is 36.6 Å². The van der Waals surface area contributed by atoms with E-state index in [0.29, 0.717) is 23.9 Å². The van der Waals surface area contributed by atoms with Gasteiger partial charge in [-0.3, -0.25) is 4.90 Å². The van der Waals surface area contributed by atoms with E-state index in [2.05, 4.69) is 44.5 Å². The predicted octanol–water partition coefficient (Wildman–Crippen LogP) is 2.13. The van der Waals surface area contributed by atoms with E-state index < -0.39 is 0 Å². The molecule has 0 aromatic carbocycles. The monoisotopic (exact) mass is 210 g/mol. The average molecular weight is 210 g/mol. The molecule has 2 unspecified atom stereocenters. The highest BCUT2D eigenvalue weighted by atomic mass is 15.2. The van der Waals surface area contributed by atoms with Crippen molar-refractivity contribution in [2.75, 3.05) is 19.6 Å². The van der Waals surface area contributed by atoms with Crippen molar-refractivity contribution in [3.63, 3.8) is 0 Å². The maximum Gasteiger partial charge on any atom is 0.0247 e. The molecular weight excluding hydrogens is 184 g/mol. The first kappa shape index (κ1) is 12.7. The van der Waals surface area contributed by atoms with Crippen LogP contribution in [0.5, 0.6) is 0 Å². The second-order valence-electron chi connectivity index (χ2n) is 5.31. The van der Waals surface area contributed by atoms with Crippen molar-refractivity contribution in [3.8, 4) is 0 Å². The van der Waals surface area contributed by atoms with Crippen LogP contribution in [0.25, 0.3) is 0 Å². The maximum absolute atomic E-state index is 3.86. The third-order valence-electron chi connectivity index (χ3n) is 3.43. The van der Waals surface area contributed by atoms with Gasteiger partial charge in [0.2, 0.25) is 0 Å². The molecule has 2 atom stereocenters. The molecule has 0 bridgehead atoms. The van der Waals surface area contributed by atoms with Crippen molar-refractivity contribution in [3.05, 3.63) is 12.7 Å². The zero-order chi connectivity index (χ0) is 11.4. The minimum atomic E-state index is 0.639. The van der Waals surface area contributed by atoms with Gasteiger partial charge in [0.15, 0.2) is 0 Å². The summed E-state index contributed by atoms with van der Waals surface area (Å²) in [5.74, 6) is 1.43. The number of nitrogens with one attached hydrogen (secondary N) is 1. The lowest BCUT2D eigenvalue weighted by Crippen LogP contribution is -2.59. The van der Waals surface area contributed by atoms with Crippen LogP contribution in [0.3, 0.4) is 0 Å². The molecule has 1 fully saturated rings. The van der Waals surface area contributed by atoms with Gasteiger partial charge in [-0.25, -0.2) is 0 Å². The first-order valence-corrected chi connectivity index (χ1v) is 6.14. The van der Waals surface area contributed by atoms with Gasteiger partial charge in [-0.2, -0.15) is 0 Å². The number of nitrogens with zero attached hydrogens (tertiary/aromatic N) is 1. The number of hydrogen-bond acceptors (Lipinski definition) is 2. The molecule has 1 N–H and O–H groups in total. The molecule has 0 aliphatic carbocycles. The second kappa shape index (κ2) is 5.66. The van der Waals surface area contributed by atoms with E-state index in [9.17, 15) is 0 Å². The van der Waals surface area contributed by atoms with Crippen molar-refractivity contribution >= 4 is 0 Å². The maximum atomic E-state index is 3.86. The SMILES string of the molecule is C=CCN1CC(C(C)C)NCC1C(C)C. The van der Waals surface area contributed by atoms with E-state index in [0.717, 1.165) is 19.6 Å². The van der Waals surface area contributed by atoms with E-state index in [4.69, 9.17) is 0 Å². The highest BCUT2D eigenvalue weighted by Gasteiger charge is 2.29. The Kier molecular flexibility index (Phi) is 4.81. The lowest BCUT2D eigenvalue weighted by molar-refractivity contribution is 0.0970. The zero-order valence-electron chi connectivity index (χ0n) is 10.7. The Bertz CT molecular complexity index is 199. The largest absolute Gasteiger partial charge is 0.311 e. The lowest BCUT2D eigenvalue weighted by Gasteiger charge is -2.43. The van der Waals surface area contributed by atoms with Gasteiger partial charge in [0.05, 0.1) is 0 Å². The van der Waals surface area contributed by atoms with Gasteiger partial charge in [0.1, 0.15) is 0 Å². The molecule has 0 spiro atoms. The molecule has 2 nitrogen and oxygen atoms in total. The van der Waals surface area contributed by atoms with Crippen molar-refractivity contribution in [1.29, 1.82) is 0 Å². The molecule has 15 heavy (non-hydrogen) atoms. The molecule has 1 aliphatic rings. The predicted molar refractivity (Wildman–Crippen MR) is 67.0 cm³/mol. The molecule has 0 aromatic heterocycles. The summed E-state index contributed by atoms with van der Waals surface area (Å²) < 4.78 is 0.